The molecule has 0 aliphatic rings. The second-order valence-corrected chi connectivity index (χ2v) is 5.79. The number of amides is 2. The van der Waals surface area contributed by atoms with Gasteiger partial charge in [-0.2, -0.15) is 5.10 Å². The molecule has 0 saturated carbocycles. The van der Waals surface area contributed by atoms with Gasteiger partial charge in [0.2, 0.25) is 5.91 Å². The van der Waals surface area contributed by atoms with E-state index in [2.05, 4.69) is 15.8 Å². The van der Waals surface area contributed by atoms with Crippen molar-refractivity contribution in [2.45, 2.75) is 19.9 Å². The lowest BCUT2D eigenvalue weighted by molar-refractivity contribution is -0.120. The van der Waals surface area contributed by atoms with Gasteiger partial charge in [-0.3, -0.25) is 9.59 Å². The van der Waals surface area contributed by atoms with Crippen molar-refractivity contribution in [3.63, 3.8) is 0 Å². The molecule has 0 bridgehead atoms. The molecule has 0 atom stereocenters. The zero-order valence-corrected chi connectivity index (χ0v) is 15.6. The summed E-state index contributed by atoms with van der Waals surface area (Å²) < 4.78 is 10.2. The second kappa shape index (κ2) is 9.96. The van der Waals surface area contributed by atoms with Crippen LogP contribution in [0.25, 0.3) is 0 Å². The second-order valence-electron chi connectivity index (χ2n) is 5.79. The summed E-state index contributed by atoms with van der Waals surface area (Å²) in [5.74, 6) is 0.642. The number of hydrogen-bond acceptors (Lipinski definition) is 5. The lowest BCUT2D eigenvalue weighted by atomic mass is 10.2. The standard InChI is InChI=1S/C20H23N3O4/c1-14(22-23-20(25)17-6-4-5-7-18(17)27-3)12-19(24)21-13-15-8-10-16(26-2)11-9-15/h4-11H,12-13H2,1-3H3,(H,21,24)(H,23,25). The van der Waals surface area contributed by atoms with Crippen LogP contribution in [0.2, 0.25) is 0 Å². The predicted octanol–water partition coefficient (Wildman–Crippen LogP) is 2.52. The van der Waals surface area contributed by atoms with Crippen LogP contribution in [0.4, 0.5) is 0 Å². The quantitative estimate of drug-likeness (QED) is 0.553. The average Bonchev–Trinajstić information content (AvgIpc) is 2.70. The highest BCUT2D eigenvalue weighted by molar-refractivity contribution is 6.01. The molecule has 2 aromatic carbocycles. The number of carbonyl (C=O) groups excluding carboxylic acids is 2. The van der Waals surface area contributed by atoms with Gasteiger partial charge in [0.1, 0.15) is 11.5 Å². The van der Waals surface area contributed by atoms with E-state index in [1.54, 1.807) is 38.3 Å². The van der Waals surface area contributed by atoms with E-state index in [-0.39, 0.29) is 12.3 Å². The topological polar surface area (TPSA) is 89.0 Å². The Kier molecular flexibility index (Phi) is 7.37. The van der Waals surface area contributed by atoms with Crippen molar-refractivity contribution >= 4 is 17.5 Å². The highest BCUT2D eigenvalue weighted by atomic mass is 16.5. The maximum absolute atomic E-state index is 12.2. The SMILES string of the molecule is COc1ccc(CNC(=O)CC(C)=NNC(=O)c2ccccc2OC)cc1. The number of methoxy groups -OCH3 is 2. The van der Waals surface area contributed by atoms with Crippen LogP contribution in [-0.2, 0) is 11.3 Å². The summed E-state index contributed by atoms with van der Waals surface area (Å²) in [4.78, 5) is 24.2. The molecule has 0 aliphatic heterocycles. The van der Waals surface area contributed by atoms with Gasteiger partial charge in [0.25, 0.3) is 5.91 Å². The molecule has 7 heteroatoms. The van der Waals surface area contributed by atoms with Crippen molar-refractivity contribution in [2.75, 3.05) is 14.2 Å². The Morgan fingerprint density at radius 3 is 2.37 bits per heavy atom. The zero-order chi connectivity index (χ0) is 19.6. The van der Waals surface area contributed by atoms with Gasteiger partial charge in [-0.25, -0.2) is 5.43 Å². The summed E-state index contributed by atoms with van der Waals surface area (Å²) in [5, 5.41) is 6.79. The van der Waals surface area contributed by atoms with Crippen LogP contribution in [0.3, 0.4) is 0 Å². The molecule has 0 aliphatic carbocycles. The Labute approximate surface area is 158 Å². The first-order chi connectivity index (χ1) is 13.0. The number of rotatable bonds is 8. The van der Waals surface area contributed by atoms with Crippen molar-refractivity contribution in [3.05, 3.63) is 59.7 Å². The van der Waals surface area contributed by atoms with Crippen LogP contribution in [0.15, 0.2) is 53.6 Å². The molecule has 27 heavy (non-hydrogen) atoms. The van der Waals surface area contributed by atoms with E-state index in [1.807, 2.05) is 24.3 Å². The number of ether oxygens (including phenoxy) is 2. The number of benzene rings is 2. The highest BCUT2D eigenvalue weighted by Crippen LogP contribution is 2.16. The maximum atomic E-state index is 12.2. The van der Waals surface area contributed by atoms with E-state index in [0.717, 1.165) is 11.3 Å². The van der Waals surface area contributed by atoms with Gasteiger partial charge >= 0.3 is 0 Å². The van der Waals surface area contributed by atoms with Crippen LogP contribution in [-0.4, -0.2) is 31.7 Å². The summed E-state index contributed by atoms with van der Waals surface area (Å²) in [6, 6.07) is 14.3. The summed E-state index contributed by atoms with van der Waals surface area (Å²) >= 11 is 0. The van der Waals surface area contributed by atoms with Gasteiger partial charge in [0.15, 0.2) is 0 Å². The minimum Gasteiger partial charge on any atom is -0.497 e. The molecule has 2 aromatic rings. The first kappa shape index (κ1) is 20.0. The number of hydrazone groups is 1. The monoisotopic (exact) mass is 369 g/mol. The third kappa shape index (κ3) is 6.14. The predicted molar refractivity (Wildman–Crippen MR) is 103 cm³/mol. The lowest BCUT2D eigenvalue weighted by Crippen LogP contribution is -2.26. The first-order valence-electron chi connectivity index (χ1n) is 8.39. The molecule has 0 radical (unpaired) electrons. The average molecular weight is 369 g/mol. The fraction of sp³-hybridized carbons (Fsp3) is 0.250. The summed E-state index contributed by atoms with van der Waals surface area (Å²) in [5.41, 5.74) is 4.27. The normalized spacial score (nSPS) is 10.9. The minimum atomic E-state index is -0.398. The van der Waals surface area contributed by atoms with Gasteiger partial charge in [0, 0.05) is 12.3 Å². The van der Waals surface area contributed by atoms with E-state index < -0.39 is 5.91 Å². The van der Waals surface area contributed by atoms with Crippen molar-refractivity contribution in [3.8, 4) is 11.5 Å². The minimum absolute atomic E-state index is 0.0857. The molecule has 0 saturated heterocycles. The van der Waals surface area contributed by atoms with Crippen molar-refractivity contribution in [1.29, 1.82) is 0 Å². The van der Waals surface area contributed by atoms with Crippen molar-refractivity contribution in [1.82, 2.24) is 10.7 Å². The van der Waals surface area contributed by atoms with E-state index in [1.165, 1.54) is 7.11 Å². The molecule has 7 nitrogen and oxygen atoms in total. The molecule has 0 fully saturated rings. The van der Waals surface area contributed by atoms with Crippen LogP contribution in [0, 0.1) is 0 Å². The Morgan fingerprint density at radius 1 is 1.00 bits per heavy atom. The third-order valence-electron chi connectivity index (χ3n) is 3.77. The molecule has 2 N–H and O–H groups in total. The van der Waals surface area contributed by atoms with Gasteiger partial charge in [-0.15, -0.1) is 0 Å². The number of nitrogens with one attached hydrogen (secondary N) is 2. The Morgan fingerprint density at radius 2 is 1.70 bits per heavy atom. The molecule has 0 spiro atoms. The highest BCUT2D eigenvalue weighted by Gasteiger charge is 2.11. The number of carbonyl (C=O) groups is 2. The van der Waals surface area contributed by atoms with Gasteiger partial charge in [-0.1, -0.05) is 24.3 Å². The molecular formula is C20H23N3O4. The molecule has 2 amide bonds. The Balaban J connectivity index is 1.83. The van der Waals surface area contributed by atoms with Crippen LogP contribution >= 0.6 is 0 Å². The largest absolute Gasteiger partial charge is 0.497 e. The fourth-order valence-corrected chi connectivity index (χ4v) is 2.32. The summed E-state index contributed by atoms with van der Waals surface area (Å²) in [7, 11) is 3.10. The number of nitrogens with zero attached hydrogens (tertiary/aromatic N) is 1. The molecular weight excluding hydrogens is 346 g/mol. The Hall–Kier alpha value is -3.35. The van der Waals surface area contributed by atoms with E-state index >= 15 is 0 Å². The molecule has 0 aromatic heterocycles. The molecule has 0 heterocycles. The lowest BCUT2D eigenvalue weighted by Gasteiger charge is -2.08. The maximum Gasteiger partial charge on any atom is 0.275 e. The Bertz CT molecular complexity index is 816. The molecule has 2 rings (SSSR count). The third-order valence-corrected chi connectivity index (χ3v) is 3.77. The van der Waals surface area contributed by atoms with Gasteiger partial charge in [-0.05, 0) is 36.8 Å². The summed E-state index contributed by atoms with van der Waals surface area (Å²) in [6.07, 6.45) is 0.0857. The van der Waals surface area contributed by atoms with Crippen LogP contribution in [0.1, 0.15) is 29.3 Å². The van der Waals surface area contributed by atoms with E-state index in [9.17, 15) is 9.59 Å². The number of hydrogen-bond donors (Lipinski definition) is 2. The van der Waals surface area contributed by atoms with Crippen LogP contribution < -0.4 is 20.2 Å². The fourth-order valence-electron chi connectivity index (χ4n) is 2.32. The van der Waals surface area contributed by atoms with Crippen LogP contribution in [0.5, 0.6) is 11.5 Å². The first-order valence-corrected chi connectivity index (χ1v) is 8.39. The van der Waals surface area contributed by atoms with Gasteiger partial charge < -0.3 is 14.8 Å². The summed E-state index contributed by atoms with van der Waals surface area (Å²) in [6.45, 7) is 2.08. The zero-order valence-electron chi connectivity index (χ0n) is 15.6. The smallest absolute Gasteiger partial charge is 0.275 e. The number of para-hydroxylation sites is 1. The molecule has 0 unspecified atom stereocenters. The van der Waals surface area contributed by atoms with Gasteiger partial charge in [0.05, 0.1) is 26.2 Å². The van der Waals surface area contributed by atoms with Crippen molar-refractivity contribution in [2.24, 2.45) is 5.10 Å². The van der Waals surface area contributed by atoms with Crippen molar-refractivity contribution < 1.29 is 19.1 Å². The van der Waals surface area contributed by atoms with E-state index in [0.29, 0.717) is 23.6 Å². The van der Waals surface area contributed by atoms with E-state index in [4.69, 9.17) is 9.47 Å². The molecule has 142 valence electrons.